The number of amides is 4. The van der Waals surface area contributed by atoms with E-state index in [9.17, 15) is 14.4 Å². The largest absolute Gasteiger partial charge is 0.493 e. The van der Waals surface area contributed by atoms with Gasteiger partial charge in [-0.25, -0.2) is 4.79 Å². The number of anilines is 1. The number of imide groups is 1. The minimum atomic E-state index is -0.780. The number of hydrogen-bond donors (Lipinski definition) is 1. The molecule has 1 aliphatic heterocycles. The lowest BCUT2D eigenvalue weighted by molar-refractivity contribution is -0.136. The van der Waals surface area contributed by atoms with Crippen molar-refractivity contribution in [3.63, 3.8) is 0 Å². The number of urea groups is 1. The number of benzene rings is 1. The molecular weight excluding hydrogens is 362 g/mol. The molecule has 2 fully saturated rings. The summed E-state index contributed by atoms with van der Waals surface area (Å²) >= 11 is 0. The third-order valence-electron chi connectivity index (χ3n) is 5.53. The summed E-state index contributed by atoms with van der Waals surface area (Å²) in [4.78, 5) is 40.6. The first-order valence-corrected chi connectivity index (χ1v) is 9.63. The first-order chi connectivity index (χ1) is 13.4. The van der Waals surface area contributed by atoms with Gasteiger partial charge in [-0.05, 0) is 31.9 Å². The number of likely N-dealkylation sites (N-methyl/N-ethyl adjacent to an activating group) is 1. The van der Waals surface area contributed by atoms with Gasteiger partial charge in [0.15, 0.2) is 11.5 Å². The Labute approximate surface area is 164 Å². The second-order valence-corrected chi connectivity index (χ2v) is 7.17. The van der Waals surface area contributed by atoms with E-state index in [-0.39, 0.29) is 12.5 Å². The van der Waals surface area contributed by atoms with Crippen LogP contribution >= 0.6 is 0 Å². The van der Waals surface area contributed by atoms with E-state index in [2.05, 4.69) is 5.32 Å². The van der Waals surface area contributed by atoms with Gasteiger partial charge in [0.2, 0.25) is 5.91 Å². The Morgan fingerprint density at radius 3 is 2.54 bits per heavy atom. The molecular formula is C20H27N3O5. The zero-order valence-electron chi connectivity index (χ0n) is 16.6. The second kappa shape index (κ2) is 8.08. The SMILES string of the molecule is CCOc1ccc(NC(=O)CN2C(=O)N(C)C3(CCCCC3)C2=O)cc1OC. The molecule has 1 aromatic carbocycles. The van der Waals surface area contributed by atoms with Crippen molar-refractivity contribution in [1.82, 2.24) is 9.80 Å². The summed E-state index contributed by atoms with van der Waals surface area (Å²) in [5.41, 5.74) is -0.275. The molecule has 0 aromatic heterocycles. The van der Waals surface area contributed by atoms with Gasteiger partial charge in [-0.15, -0.1) is 0 Å². The van der Waals surface area contributed by atoms with E-state index >= 15 is 0 Å². The predicted molar refractivity (Wildman–Crippen MR) is 103 cm³/mol. The maximum absolute atomic E-state index is 13.0. The van der Waals surface area contributed by atoms with Crippen LogP contribution in [0.5, 0.6) is 11.5 Å². The molecule has 1 spiro atoms. The van der Waals surface area contributed by atoms with E-state index in [1.165, 1.54) is 12.0 Å². The van der Waals surface area contributed by atoms with Crippen LogP contribution in [0.15, 0.2) is 18.2 Å². The lowest BCUT2D eigenvalue weighted by atomic mass is 9.81. The number of ether oxygens (including phenoxy) is 2. The number of nitrogens with zero attached hydrogens (tertiary/aromatic N) is 2. The normalized spacial score (nSPS) is 18.5. The molecule has 1 aromatic rings. The molecule has 8 nitrogen and oxygen atoms in total. The molecule has 0 radical (unpaired) electrons. The summed E-state index contributed by atoms with van der Waals surface area (Å²) in [6.07, 6.45) is 4.20. The third-order valence-corrected chi connectivity index (χ3v) is 5.53. The van der Waals surface area contributed by atoms with Crippen molar-refractivity contribution in [2.24, 2.45) is 0 Å². The molecule has 1 heterocycles. The lowest BCUT2D eigenvalue weighted by Crippen LogP contribution is -2.49. The zero-order chi connectivity index (χ0) is 20.3. The molecule has 0 bridgehead atoms. The highest BCUT2D eigenvalue weighted by atomic mass is 16.5. The van der Waals surface area contributed by atoms with Crippen molar-refractivity contribution in [2.75, 3.05) is 32.6 Å². The van der Waals surface area contributed by atoms with E-state index < -0.39 is 17.5 Å². The quantitative estimate of drug-likeness (QED) is 0.756. The number of carbonyl (C=O) groups is 3. The summed E-state index contributed by atoms with van der Waals surface area (Å²) in [6, 6.07) is 4.62. The number of carbonyl (C=O) groups excluding carboxylic acids is 3. The van der Waals surface area contributed by atoms with Crippen LogP contribution in [0.1, 0.15) is 39.0 Å². The molecule has 2 aliphatic rings. The molecule has 1 saturated carbocycles. The Bertz CT molecular complexity index is 773. The minimum Gasteiger partial charge on any atom is -0.493 e. The summed E-state index contributed by atoms with van der Waals surface area (Å²) in [5, 5.41) is 2.72. The Balaban J connectivity index is 1.69. The van der Waals surface area contributed by atoms with Gasteiger partial charge in [0.05, 0.1) is 13.7 Å². The van der Waals surface area contributed by atoms with Gasteiger partial charge in [-0.3, -0.25) is 14.5 Å². The minimum absolute atomic E-state index is 0.265. The molecule has 152 valence electrons. The lowest BCUT2D eigenvalue weighted by Gasteiger charge is -2.35. The topological polar surface area (TPSA) is 88.2 Å². The Morgan fingerprint density at radius 1 is 1.18 bits per heavy atom. The number of hydrogen-bond acceptors (Lipinski definition) is 5. The average Bonchev–Trinajstić information content (AvgIpc) is 2.86. The summed E-state index contributed by atoms with van der Waals surface area (Å²) in [7, 11) is 3.17. The van der Waals surface area contributed by atoms with Crippen molar-refractivity contribution in [3.8, 4) is 11.5 Å². The second-order valence-electron chi connectivity index (χ2n) is 7.17. The van der Waals surface area contributed by atoms with Crippen LogP contribution < -0.4 is 14.8 Å². The summed E-state index contributed by atoms with van der Waals surface area (Å²) in [5.74, 6) is 0.371. The maximum Gasteiger partial charge on any atom is 0.327 e. The van der Waals surface area contributed by atoms with Crippen molar-refractivity contribution >= 4 is 23.5 Å². The van der Waals surface area contributed by atoms with E-state index in [0.717, 1.165) is 24.2 Å². The fourth-order valence-electron chi connectivity index (χ4n) is 4.04. The summed E-state index contributed by atoms with van der Waals surface area (Å²) < 4.78 is 10.7. The van der Waals surface area contributed by atoms with E-state index in [1.54, 1.807) is 25.2 Å². The van der Waals surface area contributed by atoms with Gasteiger partial charge in [0.1, 0.15) is 12.1 Å². The Morgan fingerprint density at radius 2 is 1.89 bits per heavy atom. The Kier molecular flexibility index (Phi) is 5.76. The highest BCUT2D eigenvalue weighted by Gasteiger charge is 2.55. The van der Waals surface area contributed by atoms with Gasteiger partial charge in [0, 0.05) is 18.8 Å². The highest BCUT2D eigenvalue weighted by Crippen LogP contribution is 2.39. The summed E-state index contributed by atoms with van der Waals surface area (Å²) in [6.45, 7) is 2.06. The standard InChI is InChI=1S/C20H27N3O5/c1-4-28-15-9-8-14(12-16(15)27-3)21-17(24)13-23-18(25)20(22(2)19(23)26)10-6-5-7-11-20/h8-9,12H,4-7,10-11,13H2,1-3H3,(H,21,24). The number of rotatable bonds is 6. The van der Waals surface area contributed by atoms with Crippen molar-refractivity contribution < 1.29 is 23.9 Å². The van der Waals surface area contributed by atoms with Gasteiger partial charge in [-0.1, -0.05) is 19.3 Å². The van der Waals surface area contributed by atoms with Crippen LogP contribution in [0.2, 0.25) is 0 Å². The monoisotopic (exact) mass is 389 g/mol. The van der Waals surface area contributed by atoms with Crippen LogP contribution in [0.3, 0.4) is 0 Å². The Hall–Kier alpha value is -2.77. The van der Waals surface area contributed by atoms with E-state index in [1.807, 2.05) is 6.92 Å². The van der Waals surface area contributed by atoms with Crippen LogP contribution in [0, 0.1) is 0 Å². The van der Waals surface area contributed by atoms with Gasteiger partial charge >= 0.3 is 6.03 Å². The number of methoxy groups -OCH3 is 1. The number of nitrogens with one attached hydrogen (secondary N) is 1. The molecule has 0 atom stereocenters. The molecule has 3 rings (SSSR count). The maximum atomic E-state index is 13.0. The molecule has 8 heteroatoms. The average molecular weight is 389 g/mol. The van der Waals surface area contributed by atoms with Crippen molar-refractivity contribution in [2.45, 2.75) is 44.6 Å². The first-order valence-electron chi connectivity index (χ1n) is 9.63. The molecule has 28 heavy (non-hydrogen) atoms. The fourth-order valence-corrected chi connectivity index (χ4v) is 4.04. The molecule has 1 N–H and O–H groups in total. The predicted octanol–water partition coefficient (Wildman–Crippen LogP) is 2.63. The van der Waals surface area contributed by atoms with E-state index in [0.29, 0.717) is 36.6 Å². The molecule has 1 aliphatic carbocycles. The van der Waals surface area contributed by atoms with Crippen molar-refractivity contribution in [1.29, 1.82) is 0 Å². The van der Waals surface area contributed by atoms with Crippen LogP contribution in [0.25, 0.3) is 0 Å². The van der Waals surface area contributed by atoms with Crippen LogP contribution in [-0.2, 0) is 9.59 Å². The van der Waals surface area contributed by atoms with Crippen molar-refractivity contribution in [3.05, 3.63) is 18.2 Å². The molecule has 4 amide bonds. The third kappa shape index (κ3) is 3.50. The van der Waals surface area contributed by atoms with Gasteiger partial charge in [-0.2, -0.15) is 0 Å². The van der Waals surface area contributed by atoms with Gasteiger partial charge < -0.3 is 19.7 Å². The van der Waals surface area contributed by atoms with E-state index in [4.69, 9.17) is 9.47 Å². The van der Waals surface area contributed by atoms with Crippen LogP contribution in [-0.4, -0.2) is 60.5 Å². The highest BCUT2D eigenvalue weighted by molar-refractivity contribution is 6.10. The molecule has 1 saturated heterocycles. The molecule has 0 unspecified atom stereocenters. The fraction of sp³-hybridized carbons (Fsp3) is 0.550. The smallest absolute Gasteiger partial charge is 0.327 e. The van der Waals surface area contributed by atoms with Crippen LogP contribution in [0.4, 0.5) is 10.5 Å². The van der Waals surface area contributed by atoms with Gasteiger partial charge in [0.25, 0.3) is 5.91 Å². The first kappa shape index (κ1) is 20.0. The zero-order valence-corrected chi connectivity index (χ0v) is 16.6.